The average Bonchev–Trinajstić information content (AvgIpc) is 3.00. The Bertz CT molecular complexity index is 702. The molecule has 0 unspecified atom stereocenters. The third-order valence-electron chi connectivity index (χ3n) is 2.36. The predicted molar refractivity (Wildman–Crippen MR) is 87.2 cm³/mol. The minimum atomic E-state index is -0.637. The van der Waals surface area contributed by atoms with Gasteiger partial charge >= 0.3 is 5.97 Å². The fraction of sp³-hybridized carbons (Fsp3) is 0.0714. The van der Waals surface area contributed by atoms with Crippen molar-refractivity contribution in [1.82, 2.24) is 4.98 Å². The number of anilines is 1. The predicted octanol–water partition coefficient (Wildman–Crippen LogP) is 3.65. The topological polar surface area (TPSA) is 68.3 Å². The van der Waals surface area contributed by atoms with Gasteiger partial charge < -0.3 is 10.1 Å². The van der Waals surface area contributed by atoms with Crippen LogP contribution >= 0.6 is 34.5 Å². The zero-order chi connectivity index (χ0) is 15.9. The van der Waals surface area contributed by atoms with Crippen LogP contribution < -0.4 is 5.32 Å². The lowest BCUT2D eigenvalue weighted by Gasteiger charge is -2.07. The monoisotopic (exact) mass is 356 g/mol. The van der Waals surface area contributed by atoms with Crippen molar-refractivity contribution in [2.24, 2.45) is 0 Å². The number of esters is 1. The summed E-state index contributed by atoms with van der Waals surface area (Å²) in [5.41, 5.74) is 0.355. The molecule has 1 aromatic carbocycles. The summed E-state index contributed by atoms with van der Waals surface area (Å²) < 4.78 is 4.81. The maximum atomic E-state index is 11.7. The van der Waals surface area contributed by atoms with Crippen molar-refractivity contribution >= 4 is 58.2 Å². The van der Waals surface area contributed by atoms with Crippen molar-refractivity contribution in [2.45, 2.75) is 0 Å². The number of hydrogen-bond acceptors (Lipinski definition) is 5. The zero-order valence-electron chi connectivity index (χ0n) is 11.1. The summed E-state index contributed by atoms with van der Waals surface area (Å²) in [6.45, 7) is -0.427. The highest BCUT2D eigenvalue weighted by molar-refractivity contribution is 7.10. The SMILES string of the molecule is O=C(COC(=O)C=Cc1nccs1)Nc1cc(Cl)ccc1Cl. The third-order valence-corrected chi connectivity index (χ3v) is 3.67. The number of nitrogens with zero attached hydrogens (tertiary/aromatic N) is 1. The van der Waals surface area contributed by atoms with Gasteiger partial charge in [0.15, 0.2) is 6.61 Å². The van der Waals surface area contributed by atoms with Gasteiger partial charge in [-0.15, -0.1) is 11.3 Å². The van der Waals surface area contributed by atoms with Crippen LogP contribution in [0, 0.1) is 0 Å². The molecule has 1 amide bonds. The molecular formula is C14H10Cl2N2O3S. The van der Waals surface area contributed by atoms with Crippen LogP contribution in [-0.2, 0) is 14.3 Å². The minimum absolute atomic E-state index is 0.341. The molecule has 22 heavy (non-hydrogen) atoms. The van der Waals surface area contributed by atoms with Crippen LogP contribution in [0.2, 0.25) is 10.0 Å². The first-order chi connectivity index (χ1) is 10.5. The maximum Gasteiger partial charge on any atom is 0.331 e. The molecule has 0 spiro atoms. The maximum absolute atomic E-state index is 11.7. The van der Waals surface area contributed by atoms with Gasteiger partial charge in [0, 0.05) is 22.7 Å². The Balaban J connectivity index is 1.82. The summed E-state index contributed by atoms with van der Waals surface area (Å²) in [7, 11) is 0. The van der Waals surface area contributed by atoms with Gasteiger partial charge in [-0.2, -0.15) is 0 Å². The van der Waals surface area contributed by atoms with E-state index in [9.17, 15) is 9.59 Å². The Kier molecular flexibility index (Phi) is 5.94. The Morgan fingerprint density at radius 3 is 2.91 bits per heavy atom. The molecular weight excluding hydrogens is 347 g/mol. The number of carbonyl (C=O) groups is 2. The standard InChI is InChI=1S/C14H10Cl2N2O3S/c15-9-1-2-10(16)11(7-9)18-12(19)8-21-14(20)4-3-13-17-5-6-22-13/h1-7H,8H2,(H,18,19). The molecule has 0 saturated carbocycles. The van der Waals surface area contributed by atoms with Crippen molar-refractivity contribution in [1.29, 1.82) is 0 Å². The quantitative estimate of drug-likeness (QED) is 0.655. The van der Waals surface area contributed by atoms with E-state index in [1.165, 1.54) is 29.6 Å². The van der Waals surface area contributed by atoms with Gasteiger partial charge in [-0.05, 0) is 24.3 Å². The molecule has 0 fully saturated rings. The second kappa shape index (κ2) is 7.93. The van der Waals surface area contributed by atoms with E-state index in [4.69, 9.17) is 27.9 Å². The molecule has 114 valence electrons. The molecule has 1 N–H and O–H groups in total. The van der Waals surface area contributed by atoms with E-state index in [1.54, 1.807) is 23.7 Å². The van der Waals surface area contributed by atoms with Crippen molar-refractivity contribution in [3.05, 3.63) is 50.9 Å². The smallest absolute Gasteiger partial charge is 0.331 e. The first kappa shape index (κ1) is 16.5. The first-order valence-corrected chi connectivity index (χ1v) is 7.67. The number of aromatic nitrogens is 1. The number of rotatable bonds is 5. The van der Waals surface area contributed by atoms with Gasteiger partial charge in [-0.1, -0.05) is 23.2 Å². The number of amides is 1. The van der Waals surface area contributed by atoms with Crippen LogP contribution in [-0.4, -0.2) is 23.5 Å². The highest BCUT2D eigenvalue weighted by Crippen LogP contribution is 2.25. The number of hydrogen-bond donors (Lipinski definition) is 1. The Labute approximate surface area is 140 Å². The zero-order valence-corrected chi connectivity index (χ0v) is 13.4. The molecule has 0 aliphatic rings. The molecule has 2 rings (SSSR count). The highest BCUT2D eigenvalue weighted by Gasteiger charge is 2.08. The summed E-state index contributed by atoms with van der Waals surface area (Å²) in [5.74, 6) is -1.15. The number of carbonyl (C=O) groups excluding carboxylic acids is 2. The molecule has 0 bridgehead atoms. The average molecular weight is 357 g/mol. The van der Waals surface area contributed by atoms with Gasteiger partial charge in [0.05, 0.1) is 10.7 Å². The number of halogens is 2. The number of nitrogens with one attached hydrogen (secondary N) is 1. The van der Waals surface area contributed by atoms with Gasteiger partial charge in [0.25, 0.3) is 5.91 Å². The molecule has 8 heteroatoms. The highest BCUT2D eigenvalue weighted by atomic mass is 35.5. The van der Waals surface area contributed by atoms with Gasteiger partial charge in [-0.3, -0.25) is 4.79 Å². The lowest BCUT2D eigenvalue weighted by atomic mass is 10.3. The molecule has 1 aromatic heterocycles. The summed E-state index contributed by atoms with van der Waals surface area (Å²) in [4.78, 5) is 27.1. The Morgan fingerprint density at radius 2 is 2.18 bits per heavy atom. The molecule has 0 aliphatic heterocycles. The van der Waals surface area contributed by atoms with Crippen molar-refractivity contribution in [3.8, 4) is 0 Å². The summed E-state index contributed by atoms with van der Waals surface area (Å²) in [5, 5.41) is 5.74. The van der Waals surface area contributed by atoms with E-state index in [0.29, 0.717) is 20.7 Å². The number of ether oxygens (including phenoxy) is 1. The van der Waals surface area contributed by atoms with Crippen LogP contribution in [0.1, 0.15) is 5.01 Å². The molecule has 2 aromatic rings. The molecule has 0 aliphatic carbocycles. The van der Waals surface area contributed by atoms with Crippen LogP contribution in [0.5, 0.6) is 0 Å². The second-order valence-corrected chi connectivity index (χ2v) is 5.75. The largest absolute Gasteiger partial charge is 0.452 e. The van der Waals surface area contributed by atoms with Gasteiger partial charge in [0.1, 0.15) is 5.01 Å². The summed E-state index contributed by atoms with van der Waals surface area (Å²) in [6, 6.07) is 4.66. The summed E-state index contributed by atoms with van der Waals surface area (Å²) >= 11 is 13.1. The van der Waals surface area contributed by atoms with E-state index >= 15 is 0 Å². The Hall–Kier alpha value is -1.89. The molecule has 5 nitrogen and oxygen atoms in total. The molecule has 0 saturated heterocycles. The van der Waals surface area contributed by atoms with Crippen molar-refractivity contribution in [2.75, 3.05) is 11.9 Å². The number of thiazole rings is 1. The van der Waals surface area contributed by atoms with E-state index in [-0.39, 0.29) is 0 Å². The van der Waals surface area contributed by atoms with E-state index < -0.39 is 18.5 Å². The minimum Gasteiger partial charge on any atom is -0.452 e. The van der Waals surface area contributed by atoms with E-state index in [1.807, 2.05) is 0 Å². The van der Waals surface area contributed by atoms with E-state index in [2.05, 4.69) is 10.3 Å². The van der Waals surface area contributed by atoms with Crippen LogP contribution in [0.4, 0.5) is 5.69 Å². The normalized spacial score (nSPS) is 10.6. The van der Waals surface area contributed by atoms with Crippen LogP contribution in [0.15, 0.2) is 35.9 Å². The number of benzene rings is 1. The fourth-order valence-electron chi connectivity index (χ4n) is 1.42. The van der Waals surface area contributed by atoms with Crippen LogP contribution in [0.25, 0.3) is 6.08 Å². The lowest BCUT2D eigenvalue weighted by Crippen LogP contribution is -2.20. The first-order valence-electron chi connectivity index (χ1n) is 6.04. The van der Waals surface area contributed by atoms with Gasteiger partial charge in [0.2, 0.25) is 0 Å². The van der Waals surface area contributed by atoms with Crippen molar-refractivity contribution in [3.63, 3.8) is 0 Å². The fourth-order valence-corrected chi connectivity index (χ4v) is 2.29. The second-order valence-electron chi connectivity index (χ2n) is 3.98. The van der Waals surface area contributed by atoms with E-state index in [0.717, 1.165) is 0 Å². The third kappa shape index (κ3) is 5.14. The molecule has 0 atom stereocenters. The lowest BCUT2D eigenvalue weighted by molar-refractivity contribution is -0.142. The van der Waals surface area contributed by atoms with Crippen LogP contribution in [0.3, 0.4) is 0 Å². The molecule has 0 radical (unpaired) electrons. The summed E-state index contributed by atoms with van der Waals surface area (Å²) in [6.07, 6.45) is 4.34. The molecule has 1 heterocycles. The van der Waals surface area contributed by atoms with Crippen molar-refractivity contribution < 1.29 is 14.3 Å². The van der Waals surface area contributed by atoms with Gasteiger partial charge in [-0.25, -0.2) is 9.78 Å². The Morgan fingerprint density at radius 1 is 1.36 bits per heavy atom.